The Hall–Kier alpha value is -2.66. The molecule has 5 heteroatoms. The summed E-state index contributed by atoms with van der Waals surface area (Å²) < 4.78 is 6.04. The topological polar surface area (TPSA) is 63.5 Å². The number of para-hydroxylation sites is 1. The molecular formula is C21H21N3OS. The van der Waals surface area contributed by atoms with Gasteiger partial charge in [0, 0.05) is 11.3 Å². The molecule has 26 heavy (non-hydrogen) atoms. The number of thiocarbonyl (C=S) groups is 1. The molecule has 3 N–H and O–H groups in total. The van der Waals surface area contributed by atoms with Crippen molar-refractivity contribution in [3.05, 3.63) is 72.0 Å². The van der Waals surface area contributed by atoms with E-state index in [-0.39, 0.29) is 10.5 Å². The zero-order chi connectivity index (χ0) is 18.1. The molecule has 0 bridgehead atoms. The molecule has 4 nitrogen and oxygen atoms in total. The van der Waals surface area contributed by atoms with Gasteiger partial charge < -0.3 is 10.2 Å². The third-order valence-corrected chi connectivity index (χ3v) is 5.31. The Morgan fingerprint density at radius 1 is 1.15 bits per heavy atom. The van der Waals surface area contributed by atoms with E-state index in [1.807, 2.05) is 30.3 Å². The summed E-state index contributed by atoms with van der Waals surface area (Å²) in [6.07, 6.45) is 2.01. The largest absolute Gasteiger partial charge is 0.455 e. The van der Waals surface area contributed by atoms with E-state index < -0.39 is 0 Å². The molecule has 1 saturated carbocycles. The van der Waals surface area contributed by atoms with Gasteiger partial charge in [0.25, 0.3) is 0 Å². The van der Waals surface area contributed by atoms with Gasteiger partial charge in [0.1, 0.15) is 11.3 Å². The van der Waals surface area contributed by atoms with Crippen LogP contribution in [-0.2, 0) is 5.41 Å². The standard InChI is InChI=1S/C21H21N3OS/c1-21(16-8-3-2-4-9-16)12-15(13-21)19(23-24-20(22)26)18-11-14-7-5-6-10-17(14)25-18/h2-11,15H,12-13H2,1H3,(H3,22,24,26)/b23-19+. The summed E-state index contributed by atoms with van der Waals surface area (Å²) >= 11 is 4.92. The molecule has 0 unspecified atom stereocenters. The summed E-state index contributed by atoms with van der Waals surface area (Å²) in [6.45, 7) is 2.30. The maximum atomic E-state index is 6.04. The summed E-state index contributed by atoms with van der Waals surface area (Å²) in [5.74, 6) is 1.07. The Labute approximate surface area is 158 Å². The molecule has 0 radical (unpaired) electrons. The number of nitrogens with zero attached hydrogens (tertiary/aromatic N) is 1. The van der Waals surface area contributed by atoms with Gasteiger partial charge in [0.2, 0.25) is 0 Å². The molecule has 0 amide bonds. The molecule has 3 aromatic rings. The number of nitrogens with one attached hydrogen (secondary N) is 1. The van der Waals surface area contributed by atoms with Crippen LogP contribution in [0.2, 0.25) is 0 Å². The van der Waals surface area contributed by atoms with E-state index >= 15 is 0 Å². The van der Waals surface area contributed by atoms with E-state index in [0.717, 1.165) is 35.3 Å². The number of hydrogen-bond donors (Lipinski definition) is 2. The summed E-state index contributed by atoms with van der Waals surface area (Å²) in [4.78, 5) is 0. The van der Waals surface area contributed by atoms with Crippen LogP contribution in [-0.4, -0.2) is 10.8 Å². The minimum absolute atomic E-state index is 0.155. The summed E-state index contributed by atoms with van der Waals surface area (Å²) in [6, 6.07) is 20.6. The number of rotatable bonds is 4. The highest BCUT2D eigenvalue weighted by Gasteiger charge is 2.44. The fourth-order valence-corrected chi connectivity index (χ4v) is 3.91. The fraction of sp³-hybridized carbons (Fsp3) is 0.238. The van der Waals surface area contributed by atoms with Crippen molar-refractivity contribution in [1.82, 2.24) is 5.43 Å². The Kier molecular flexibility index (Phi) is 4.24. The van der Waals surface area contributed by atoms with Gasteiger partial charge in [0.15, 0.2) is 10.9 Å². The second-order valence-corrected chi connectivity index (χ2v) is 7.59. The molecule has 0 aliphatic heterocycles. The first-order chi connectivity index (χ1) is 12.5. The van der Waals surface area contributed by atoms with Gasteiger partial charge in [-0.3, -0.25) is 5.43 Å². The molecule has 1 aliphatic rings. The molecule has 1 aromatic heterocycles. The van der Waals surface area contributed by atoms with Crippen molar-refractivity contribution in [3.8, 4) is 0 Å². The average molecular weight is 363 g/mol. The SMILES string of the molecule is CC1(c2ccccc2)CC(/C(=N\NC(N)=S)c2cc3ccccc3o2)C1. The number of fused-ring (bicyclic) bond motifs is 1. The van der Waals surface area contributed by atoms with Crippen LogP contribution in [0.4, 0.5) is 0 Å². The third-order valence-electron chi connectivity index (χ3n) is 5.22. The van der Waals surface area contributed by atoms with Gasteiger partial charge in [-0.1, -0.05) is 55.5 Å². The lowest BCUT2D eigenvalue weighted by Crippen LogP contribution is -2.43. The van der Waals surface area contributed by atoms with E-state index in [1.165, 1.54) is 5.56 Å². The van der Waals surface area contributed by atoms with Crippen molar-refractivity contribution in [3.63, 3.8) is 0 Å². The van der Waals surface area contributed by atoms with E-state index in [9.17, 15) is 0 Å². The predicted octanol–water partition coefficient (Wildman–Crippen LogP) is 4.34. The van der Waals surface area contributed by atoms with Gasteiger partial charge in [-0.15, -0.1) is 0 Å². The minimum Gasteiger partial charge on any atom is -0.455 e. The van der Waals surface area contributed by atoms with Gasteiger partial charge >= 0.3 is 0 Å². The molecule has 1 aliphatic carbocycles. The molecule has 1 heterocycles. The van der Waals surface area contributed by atoms with Crippen molar-refractivity contribution in [1.29, 1.82) is 0 Å². The third kappa shape index (κ3) is 3.10. The second kappa shape index (κ2) is 6.57. The Morgan fingerprint density at radius 2 is 1.85 bits per heavy atom. The quantitative estimate of drug-likeness (QED) is 0.411. The van der Waals surface area contributed by atoms with Crippen LogP contribution >= 0.6 is 12.2 Å². The first-order valence-corrected chi connectivity index (χ1v) is 9.13. The molecule has 0 saturated heterocycles. The number of furan rings is 1. The lowest BCUT2D eigenvalue weighted by molar-refractivity contribution is 0.216. The lowest BCUT2D eigenvalue weighted by Gasteiger charge is -2.45. The van der Waals surface area contributed by atoms with E-state index in [2.05, 4.69) is 47.8 Å². The second-order valence-electron chi connectivity index (χ2n) is 7.15. The highest BCUT2D eigenvalue weighted by atomic mass is 32.1. The van der Waals surface area contributed by atoms with E-state index in [1.54, 1.807) is 0 Å². The Bertz CT molecular complexity index is 938. The number of hydrogen-bond acceptors (Lipinski definition) is 3. The van der Waals surface area contributed by atoms with Crippen molar-refractivity contribution in [2.45, 2.75) is 25.2 Å². The number of benzene rings is 2. The smallest absolute Gasteiger partial charge is 0.184 e. The van der Waals surface area contributed by atoms with Crippen molar-refractivity contribution in [2.75, 3.05) is 0 Å². The monoisotopic (exact) mass is 363 g/mol. The Morgan fingerprint density at radius 3 is 2.54 bits per heavy atom. The number of nitrogens with two attached hydrogens (primary N) is 1. The first-order valence-electron chi connectivity index (χ1n) is 8.73. The van der Waals surface area contributed by atoms with Crippen LogP contribution in [0.1, 0.15) is 31.1 Å². The number of hydrazone groups is 1. The predicted molar refractivity (Wildman–Crippen MR) is 109 cm³/mol. The van der Waals surface area contributed by atoms with E-state index in [0.29, 0.717) is 5.92 Å². The van der Waals surface area contributed by atoms with Gasteiger partial charge in [-0.25, -0.2) is 0 Å². The molecule has 4 rings (SSSR count). The zero-order valence-electron chi connectivity index (χ0n) is 14.6. The van der Waals surface area contributed by atoms with Crippen LogP contribution in [0.3, 0.4) is 0 Å². The van der Waals surface area contributed by atoms with Crippen LogP contribution in [0.15, 0.2) is 70.2 Å². The van der Waals surface area contributed by atoms with Gasteiger partial charge in [0.05, 0.1) is 0 Å². The fourth-order valence-electron chi connectivity index (χ4n) is 3.87. The molecule has 2 aromatic carbocycles. The van der Waals surface area contributed by atoms with Crippen LogP contribution in [0, 0.1) is 5.92 Å². The van der Waals surface area contributed by atoms with E-state index in [4.69, 9.17) is 22.4 Å². The van der Waals surface area contributed by atoms with Crippen LogP contribution in [0.25, 0.3) is 11.0 Å². The van der Waals surface area contributed by atoms with Gasteiger partial charge in [-0.2, -0.15) is 5.10 Å². The van der Waals surface area contributed by atoms with Crippen molar-refractivity contribution >= 4 is 34.0 Å². The highest BCUT2D eigenvalue weighted by Crippen LogP contribution is 2.49. The summed E-state index contributed by atoms with van der Waals surface area (Å²) in [5.41, 5.74) is 11.6. The zero-order valence-corrected chi connectivity index (χ0v) is 15.4. The highest BCUT2D eigenvalue weighted by molar-refractivity contribution is 7.80. The molecule has 132 valence electrons. The summed E-state index contributed by atoms with van der Waals surface area (Å²) in [5, 5.41) is 5.70. The Balaban J connectivity index is 1.63. The van der Waals surface area contributed by atoms with Crippen molar-refractivity contribution < 1.29 is 4.42 Å². The average Bonchev–Trinajstić information content (AvgIpc) is 3.04. The lowest BCUT2D eigenvalue weighted by atomic mass is 9.58. The minimum atomic E-state index is 0.155. The molecule has 1 fully saturated rings. The first kappa shape index (κ1) is 16.8. The van der Waals surface area contributed by atoms with Crippen LogP contribution in [0.5, 0.6) is 0 Å². The molecule has 0 spiro atoms. The normalized spacial score (nSPS) is 22.8. The van der Waals surface area contributed by atoms with Gasteiger partial charge in [-0.05, 0) is 48.2 Å². The molecule has 0 atom stereocenters. The maximum absolute atomic E-state index is 6.04. The van der Waals surface area contributed by atoms with Crippen molar-refractivity contribution in [2.24, 2.45) is 16.8 Å². The van der Waals surface area contributed by atoms with Crippen LogP contribution < -0.4 is 11.2 Å². The summed E-state index contributed by atoms with van der Waals surface area (Å²) in [7, 11) is 0. The maximum Gasteiger partial charge on any atom is 0.184 e. The molecular weight excluding hydrogens is 342 g/mol.